The van der Waals surface area contributed by atoms with E-state index >= 15 is 0 Å². The third-order valence-corrected chi connectivity index (χ3v) is 3.22. The predicted octanol–water partition coefficient (Wildman–Crippen LogP) is 3.80. The van der Waals surface area contributed by atoms with Crippen LogP contribution in [-0.2, 0) is 6.42 Å². The Hall–Kier alpha value is -0.990. The van der Waals surface area contributed by atoms with Crippen molar-refractivity contribution in [3.8, 4) is 0 Å². The Kier molecular flexibility index (Phi) is 3.45. The summed E-state index contributed by atoms with van der Waals surface area (Å²) in [5.41, 5.74) is 2.21. The number of aromatic nitrogens is 1. The molecule has 0 aliphatic heterocycles. The smallest absolute Gasteiger partial charge is 0.0674 e. The number of para-hydroxylation sites is 1. The van der Waals surface area contributed by atoms with E-state index in [0.717, 1.165) is 21.6 Å². The Bertz CT molecular complexity index is 528. The van der Waals surface area contributed by atoms with Gasteiger partial charge in [0, 0.05) is 23.5 Å². The Morgan fingerprint density at radius 1 is 1.29 bits per heavy atom. The molecule has 0 saturated heterocycles. The minimum absolute atomic E-state index is 0.334. The van der Waals surface area contributed by atoms with E-state index in [-0.39, 0.29) is 6.10 Å². The quantitative estimate of drug-likeness (QED) is 0.882. The van der Waals surface area contributed by atoms with Crippen molar-refractivity contribution in [3.05, 3.63) is 35.0 Å². The Morgan fingerprint density at radius 2 is 2.00 bits per heavy atom. The van der Waals surface area contributed by atoms with Crippen LogP contribution in [0.1, 0.15) is 32.5 Å². The van der Waals surface area contributed by atoms with Gasteiger partial charge >= 0.3 is 0 Å². The fourth-order valence-corrected chi connectivity index (χ4v) is 2.62. The van der Waals surface area contributed by atoms with E-state index < -0.39 is 0 Å². The van der Waals surface area contributed by atoms with E-state index in [9.17, 15) is 5.11 Å². The number of fused-ring (bicyclic) bond motifs is 1. The van der Waals surface area contributed by atoms with Crippen molar-refractivity contribution >= 4 is 22.5 Å². The molecule has 0 spiro atoms. The molecule has 0 aliphatic rings. The maximum Gasteiger partial charge on any atom is 0.0674 e. The molecule has 1 aromatic carbocycles. The van der Waals surface area contributed by atoms with E-state index in [4.69, 9.17) is 11.6 Å². The zero-order valence-electron chi connectivity index (χ0n) is 10.4. The lowest BCUT2D eigenvalue weighted by atomic mass is 10.2. The van der Waals surface area contributed by atoms with E-state index in [1.54, 1.807) is 0 Å². The van der Waals surface area contributed by atoms with Gasteiger partial charge in [0.2, 0.25) is 0 Å². The molecule has 2 aromatic rings. The molecule has 1 N–H and O–H groups in total. The molecule has 1 aromatic heterocycles. The van der Waals surface area contributed by atoms with Crippen LogP contribution in [-0.4, -0.2) is 15.8 Å². The summed E-state index contributed by atoms with van der Waals surface area (Å²) in [6.45, 7) is 6.08. The average molecular weight is 252 g/mol. The standard InChI is InChI=1S/C14H18ClNO/c1-9(2)16-12(7-10(3)17)8-11-5-4-6-13(15)14(11)16/h4-6,8-10,17H,7H2,1-3H3. The van der Waals surface area contributed by atoms with Crippen molar-refractivity contribution in [1.82, 2.24) is 4.57 Å². The highest BCUT2D eigenvalue weighted by Crippen LogP contribution is 2.30. The van der Waals surface area contributed by atoms with Gasteiger partial charge in [0.25, 0.3) is 0 Å². The van der Waals surface area contributed by atoms with E-state index in [1.807, 2.05) is 19.1 Å². The minimum Gasteiger partial charge on any atom is -0.393 e. The van der Waals surface area contributed by atoms with Crippen LogP contribution < -0.4 is 0 Å². The van der Waals surface area contributed by atoms with Crippen molar-refractivity contribution in [3.63, 3.8) is 0 Å². The normalized spacial score (nSPS) is 13.5. The summed E-state index contributed by atoms with van der Waals surface area (Å²) in [5.74, 6) is 0. The number of rotatable bonds is 3. The minimum atomic E-state index is -0.337. The van der Waals surface area contributed by atoms with Crippen LogP contribution in [0.25, 0.3) is 10.9 Å². The maximum absolute atomic E-state index is 9.56. The molecule has 17 heavy (non-hydrogen) atoms. The van der Waals surface area contributed by atoms with Gasteiger partial charge in [0.15, 0.2) is 0 Å². The average Bonchev–Trinajstić information content (AvgIpc) is 2.56. The molecule has 0 fully saturated rings. The number of hydrogen-bond donors (Lipinski definition) is 1. The Balaban J connectivity index is 2.67. The predicted molar refractivity (Wildman–Crippen MR) is 72.7 cm³/mol. The number of aliphatic hydroxyl groups excluding tert-OH is 1. The Morgan fingerprint density at radius 3 is 2.59 bits per heavy atom. The van der Waals surface area contributed by atoms with Gasteiger partial charge in [-0.1, -0.05) is 23.7 Å². The first-order valence-electron chi connectivity index (χ1n) is 5.97. The van der Waals surface area contributed by atoms with Crippen LogP contribution in [0.3, 0.4) is 0 Å². The fourth-order valence-electron chi connectivity index (χ4n) is 2.35. The highest BCUT2D eigenvalue weighted by Gasteiger charge is 2.14. The van der Waals surface area contributed by atoms with Crippen molar-refractivity contribution in [2.75, 3.05) is 0 Å². The fraction of sp³-hybridized carbons (Fsp3) is 0.429. The third-order valence-electron chi connectivity index (χ3n) is 2.91. The Labute approximate surface area is 107 Å². The van der Waals surface area contributed by atoms with Crippen molar-refractivity contribution < 1.29 is 5.11 Å². The molecule has 2 nitrogen and oxygen atoms in total. The first kappa shape index (κ1) is 12.5. The zero-order chi connectivity index (χ0) is 12.6. The second-order valence-corrected chi connectivity index (χ2v) is 5.24. The lowest BCUT2D eigenvalue weighted by Crippen LogP contribution is -2.11. The lowest BCUT2D eigenvalue weighted by Gasteiger charge is -2.16. The molecule has 0 bridgehead atoms. The molecule has 0 saturated carbocycles. The van der Waals surface area contributed by atoms with Gasteiger partial charge in [-0.2, -0.15) is 0 Å². The molecule has 1 heterocycles. The third kappa shape index (κ3) is 2.33. The number of benzene rings is 1. The molecule has 2 rings (SSSR count). The van der Waals surface area contributed by atoms with Crippen LogP contribution in [0.2, 0.25) is 5.02 Å². The summed E-state index contributed by atoms with van der Waals surface area (Å²) in [4.78, 5) is 0. The molecule has 0 amide bonds. The number of hydrogen-bond acceptors (Lipinski definition) is 1. The molecule has 0 aliphatic carbocycles. The molecule has 3 heteroatoms. The van der Waals surface area contributed by atoms with Crippen molar-refractivity contribution in [1.29, 1.82) is 0 Å². The number of aliphatic hydroxyl groups is 1. The largest absolute Gasteiger partial charge is 0.393 e. The van der Waals surface area contributed by atoms with Gasteiger partial charge < -0.3 is 9.67 Å². The SMILES string of the molecule is CC(O)Cc1cc2cccc(Cl)c2n1C(C)C. The van der Waals surface area contributed by atoms with Gasteiger partial charge in [-0.25, -0.2) is 0 Å². The molecular formula is C14H18ClNO. The topological polar surface area (TPSA) is 25.2 Å². The van der Waals surface area contributed by atoms with Crippen molar-refractivity contribution in [2.24, 2.45) is 0 Å². The first-order chi connectivity index (χ1) is 8.00. The lowest BCUT2D eigenvalue weighted by molar-refractivity contribution is 0.192. The summed E-state index contributed by atoms with van der Waals surface area (Å²) < 4.78 is 2.21. The highest BCUT2D eigenvalue weighted by molar-refractivity contribution is 6.35. The molecule has 1 unspecified atom stereocenters. The summed E-state index contributed by atoms with van der Waals surface area (Å²) in [5, 5.41) is 11.5. The van der Waals surface area contributed by atoms with E-state index in [1.165, 1.54) is 0 Å². The molecule has 92 valence electrons. The van der Waals surface area contributed by atoms with Crippen LogP contribution in [0, 0.1) is 0 Å². The molecule has 1 atom stereocenters. The van der Waals surface area contributed by atoms with Crippen LogP contribution in [0.15, 0.2) is 24.3 Å². The summed E-state index contributed by atoms with van der Waals surface area (Å²) in [6.07, 6.45) is 0.319. The highest BCUT2D eigenvalue weighted by atomic mass is 35.5. The van der Waals surface area contributed by atoms with Gasteiger partial charge in [-0.15, -0.1) is 0 Å². The summed E-state index contributed by atoms with van der Waals surface area (Å²) in [6, 6.07) is 8.39. The molecule has 0 radical (unpaired) electrons. The zero-order valence-corrected chi connectivity index (χ0v) is 11.2. The summed E-state index contributed by atoms with van der Waals surface area (Å²) in [7, 11) is 0. The van der Waals surface area contributed by atoms with E-state index in [0.29, 0.717) is 12.5 Å². The maximum atomic E-state index is 9.56. The van der Waals surface area contributed by atoms with Gasteiger partial charge in [0.1, 0.15) is 0 Å². The van der Waals surface area contributed by atoms with Gasteiger partial charge in [-0.05, 0) is 32.9 Å². The van der Waals surface area contributed by atoms with Crippen LogP contribution >= 0.6 is 11.6 Å². The number of halogens is 1. The van der Waals surface area contributed by atoms with E-state index in [2.05, 4.69) is 30.5 Å². The van der Waals surface area contributed by atoms with Crippen molar-refractivity contribution in [2.45, 2.75) is 39.3 Å². The molecular weight excluding hydrogens is 234 g/mol. The number of nitrogens with zero attached hydrogens (tertiary/aromatic N) is 1. The van der Waals surface area contributed by atoms with Crippen LogP contribution in [0.4, 0.5) is 0 Å². The second-order valence-electron chi connectivity index (χ2n) is 4.83. The van der Waals surface area contributed by atoms with Gasteiger partial charge in [0.05, 0.1) is 16.6 Å². The van der Waals surface area contributed by atoms with Crippen LogP contribution in [0.5, 0.6) is 0 Å². The summed E-state index contributed by atoms with van der Waals surface area (Å²) >= 11 is 6.27. The van der Waals surface area contributed by atoms with Gasteiger partial charge in [-0.3, -0.25) is 0 Å². The monoisotopic (exact) mass is 251 g/mol. The second kappa shape index (κ2) is 4.71. The first-order valence-corrected chi connectivity index (χ1v) is 6.35.